The number of nitrogens with zero attached hydrogens (tertiary/aromatic N) is 1. The highest BCUT2D eigenvalue weighted by Gasteiger charge is 2.90. The number of hydrogen-bond acceptors (Lipinski definition) is 3. The fourth-order valence-corrected chi connectivity index (χ4v) is 1.07. The molecule has 46 valence electrons. The van der Waals surface area contributed by atoms with Crippen molar-refractivity contribution in [1.82, 2.24) is 4.90 Å². The Balaban J connectivity index is 2.13. The van der Waals surface area contributed by atoms with Gasteiger partial charge in [0.15, 0.2) is 0 Å². The smallest absolute Gasteiger partial charge is 0.291 e. The van der Waals surface area contributed by atoms with Crippen LogP contribution in [0.3, 0.4) is 0 Å². The van der Waals surface area contributed by atoms with Crippen LogP contribution in [0.1, 0.15) is 6.92 Å². The Morgan fingerprint density at radius 1 is 1.25 bits per heavy atom. The zero-order valence-electron chi connectivity index (χ0n) is 5.26. The molecule has 0 aliphatic carbocycles. The summed E-state index contributed by atoms with van der Waals surface area (Å²) >= 11 is 0. The molecule has 2 saturated heterocycles. The molecule has 3 nitrogen and oxygen atoms in total. The van der Waals surface area contributed by atoms with Gasteiger partial charge in [0, 0.05) is 0 Å². The van der Waals surface area contributed by atoms with Crippen molar-refractivity contribution in [1.29, 1.82) is 0 Å². The molecule has 0 N–H and O–H groups in total. The van der Waals surface area contributed by atoms with Gasteiger partial charge in [-0.25, -0.2) is 0 Å². The lowest BCUT2D eigenvalue weighted by Gasteiger charge is -2.06. The highest BCUT2D eigenvalue weighted by atomic mass is 17.1. The largest absolute Gasteiger partial charge is 0.293 e. The average Bonchev–Trinajstić information content (AvgIpc) is 2.22. The quantitative estimate of drug-likeness (QED) is 0.449. The van der Waals surface area contributed by atoms with Gasteiger partial charge in [0.25, 0.3) is 5.91 Å². The maximum Gasteiger partial charge on any atom is 0.291 e. The van der Waals surface area contributed by atoms with Crippen LogP contribution in [0.2, 0.25) is 0 Å². The molecule has 2 aliphatic rings. The van der Waals surface area contributed by atoms with Crippen LogP contribution in [0.25, 0.3) is 0 Å². The predicted octanol–water partition coefficient (Wildman–Crippen LogP) is -0.0216. The first-order valence-electron chi connectivity index (χ1n) is 2.68. The highest BCUT2D eigenvalue weighted by Crippen LogP contribution is 2.67. The van der Waals surface area contributed by atoms with Crippen molar-refractivity contribution in [2.75, 3.05) is 14.1 Å². The third-order valence-corrected chi connectivity index (χ3v) is 1.75. The zero-order valence-corrected chi connectivity index (χ0v) is 5.26. The summed E-state index contributed by atoms with van der Waals surface area (Å²) < 4.78 is 10.3. The van der Waals surface area contributed by atoms with Crippen molar-refractivity contribution in [2.45, 2.75) is 18.6 Å². The molecule has 0 aromatic rings. The van der Waals surface area contributed by atoms with Crippen LogP contribution in [0.4, 0.5) is 0 Å². The molecule has 0 spiro atoms. The Morgan fingerprint density at radius 2 is 1.62 bits per heavy atom. The topological polar surface area (TPSA) is 28.3 Å². The number of likely N-dealkylation sites (N-methyl/N-ethyl adjacent to an activating group) is 1. The van der Waals surface area contributed by atoms with E-state index in [-0.39, 0.29) is 11.7 Å². The van der Waals surface area contributed by atoms with Gasteiger partial charge >= 0.3 is 0 Å². The van der Waals surface area contributed by atoms with Gasteiger partial charge in [0.2, 0.25) is 5.79 Å². The number of fused-ring (bicyclic) bond motifs is 1. The molecule has 0 radical (unpaired) electrons. The average molecular weight is 115 g/mol. The Labute approximate surface area is 48.2 Å². The van der Waals surface area contributed by atoms with Gasteiger partial charge in [0.05, 0.1) is 0 Å². The van der Waals surface area contributed by atoms with E-state index in [9.17, 15) is 0 Å². The standard InChI is InChI=1S/C5H9NO2/c1-4-5(7-4,8-4)6(2)3/h1-3H3. The molecule has 0 amide bonds. The summed E-state index contributed by atoms with van der Waals surface area (Å²) in [6, 6.07) is 0. The van der Waals surface area contributed by atoms with Crippen LogP contribution in [0.15, 0.2) is 0 Å². The third kappa shape index (κ3) is 0.267. The minimum Gasteiger partial charge on any atom is -0.293 e. The third-order valence-electron chi connectivity index (χ3n) is 1.75. The first-order chi connectivity index (χ1) is 3.61. The van der Waals surface area contributed by atoms with Gasteiger partial charge in [-0.05, 0) is 21.0 Å². The van der Waals surface area contributed by atoms with E-state index in [4.69, 9.17) is 9.47 Å². The maximum absolute atomic E-state index is 5.15. The molecule has 0 unspecified atom stereocenters. The van der Waals surface area contributed by atoms with Gasteiger partial charge < -0.3 is 0 Å². The second-order valence-corrected chi connectivity index (χ2v) is 2.63. The molecule has 0 atom stereocenters. The SMILES string of the molecule is CN(C)C12OC1(C)O2. The summed E-state index contributed by atoms with van der Waals surface area (Å²) in [6.45, 7) is 1.94. The Hall–Kier alpha value is -0.120. The van der Waals surface area contributed by atoms with Crippen molar-refractivity contribution < 1.29 is 9.47 Å². The van der Waals surface area contributed by atoms with Gasteiger partial charge in [-0.3, -0.25) is 14.4 Å². The lowest BCUT2D eigenvalue weighted by molar-refractivity contribution is -0.139. The van der Waals surface area contributed by atoms with Crippen LogP contribution in [0.5, 0.6) is 0 Å². The normalized spacial score (nSPS) is 58.5. The van der Waals surface area contributed by atoms with Crippen LogP contribution in [-0.2, 0) is 9.47 Å². The molecular formula is C5H9NO2. The summed E-state index contributed by atoms with van der Waals surface area (Å²) in [5, 5.41) is 0. The molecule has 2 heterocycles. The molecule has 0 aromatic heterocycles. The summed E-state index contributed by atoms with van der Waals surface area (Å²) in [7, 11) is 3.89. The Morgan fingerprint density at radius 3 is 1.62 bits per heavy atom. The summed E-state index contributed by atoms with van der Waals surface area (Å²) in [5.74, 6) is -0.552. The summed E-state index contributed by atoms with van der Waals surface area (Å²) in [6.07, 6.45) is 0. The number of ether oxygens (including phenoxy) is 2. The molecule has 8 heavy (non-hydrogen) atoms. The Kier molecular flexibility index (Phi) is 0.494. The minimum absolute atomic E-state index is 0.240. The van der Waals surface area contributed by atoms with E-state index in [1.807, 2.05) is 25.9 Å². The summed E-state index contributed by atoms with van der Waals surface area (Å²) in [4.78, 5) is 1.94. The molecule has 2 aliphatic heterocycles. The maximum atomic E-state index is 5.15. The monoisotopic (exact) mass is 115 g/mol. The van der Waals surface area contributed by atoms with E-state index in [0.717, 1.165) is 0 Å². The van der Waals surface area contributed by atoms with Gasteiger partial charge in [-0.15, -0.1) is 0 Å². The van der Waals surface area contributed by atoms with Crippen LogP contribution in [0, 0.1) is 0 Å². The highest BCUT2D eigenvalue weighted by molar-refractivity contribution is 5.12. The van der Waals surface area contributed by atoms with E-state index >= 15 is 0 Å². The molecular weight excluding hydrogens is 106 g/mol. The van der Waals surface area contributed by atoms with E-state index in [0.29, 0.717) is 0 Å². The lowest BCUT2D eigenvalue weighted by atomic mass is 10.5. The lowest BCUT2D eigenvalue weighted by Crippen LogP contribution is -2.23. The van der Waals surface area contributed by atoms with Gasteiger partial charge in [-0.2, -0.15) is 0 Å². The van der Waals surface area contributed by atoms with Crippen molar-refractivity contribution in [3.05, 3.63) is 0 Å². The Bertz CT molecular complexity index is 137. The molecule has 2 rings (SSSR count). The van der Waals surface area contributed by atoms with E-state index in [1.165, 1.54) is 0 Å². The number of rotatable bonds is 1. The minimum atomic E-state index is -0.312. The van der Waals surface area contributed by atoms with E-state index in [2.05, 4.69) is 0 Å². The van der Waals surface area contributed by atoms with Crippen LogP contribution >= 0.6 is 0 Å². The van der Waals surface area contributed by atoms with Crippen molar-refractivity contribution in [2.24, 2.45) is 0 Å². The van der Waals surface area contributed by atoms with Crippen LogP contribution < -0.4 is 0 Å². The van der Waals surface area contributed by atoms with Crippen LogP contribution in [-0.4, -0.2) is 30.7 Å². The van der Waals surface area contributed by atoms with E-state index in [1.54, 1.807) is 0 Å². The first-order valence-corrected chi connectivity index (χ1v) is 2.68. The number of hydrogen-bond donors (Lipinski definition) is 0. The summed E-state index contributed by atoms with van der Waals surface area (Å²) in [5.41, 5.74) is 0. The fourth-order valence-electron chi connectivity index (χ4n) is 1.07. The van der Waals surface area contributed by atoms with Crippen molar-refractivity contribution in [3.8, 4) is 0 Å². The van der Waals surface area contributed by atoms with Gasteiger partial charge in [0.1, 0.15) is 0 Å². The zero-order chi connectivity index (χ0) is 5.99. The molecule has 3 heteroatoms. The van der Waals surface area contributed by atoms with Crippen molar-refractivity contribution >= 4 is 0 Å². The predicted molar refractivity (Wildman–Crippen MR) is 27.0 cm³/mol. The molecule has 0 bridgehead atoms. The molecule has 2 fully saturated rings. The number of epoxide rings is 2. The molecule has 0 saturated carbocycles. The second kappa shape index (κ2) is 0.835. The van der Waals surface area contributed by atoms with E-state index < -0.39 is 0 Å². The first kappa shape index (κ1) is 4.73. The second-order valence-electron chi connectivity index (χ2n) is 2.63. The van der Waals surface area contributed by atoms with Gasteiger partial charge in [-0.1, -0.05) is 0 Å². The fraction of sp³-hybridized carbons (Fsp3) is 1.00. The van der Waals surface area contributed by atoms with Crippen molar-refractivity contribution in [3.63, 3.8) is 0 Å². The molecule has 0 aromatic carbocycles.